The summed E-state index contributed by atoms with van der Waals surface area (Å²) >= 11 is 0. The third-order valence-corrected chi connectivity index (χ3v) is 3.46. The number of morpholine rings is 1. The van der Waals surface area contributed by atoms with Crippen molar-refractivity contribution in [2.75, 3.05) is 25.0 Å². The number of hydrogen-bond acceptors (Lipinski definition) is 4. The number of anilines is 1. The van der Waals surface area contributed by atoms with Crippen LogP contribution in [0.5, 0.6) is 0 Å². The Bertz CT molecular complexity index is 484. The van der Waals surface area contributed by atoms with Crippen LogP contribution < -0.4 is 5.32 Å². The molecule has 0 aromatic heterocycles. The van der Waals surface area contributed by atoms with Gasteiger partial charge in [-0.2, -0.15) is 0 Å². The second-order valence-electron chi connectivity index (χ2n) is 4.93. The van der Waals surface area contributed by atoms with Crippen molar-refractivity contribution >= 4 is 17.6 Å². The van der Waals surface area contributed by atoms with Gasteiger partial charge in [0, 0.05) is 12.2 Å². The summed E-state index contributed by atoms with van der Waals surface area (Å²) in [6.45, 7) is 5.79. The van der Waals surface area contributed by atoms with Crippen LogP contribution in [-0.2, 0) is 14.3 Å². The fourth-order valence-electron chi connectivity index (χ4n) is 2.28. The van der Waals surface area contributed by atoms with E-state index in [1.807, 2.05) is 43.0 Å². The molecule has 1 heterocycles. The summed E-state index contributed by atoms with van der Waals surface area (Å²) in [7, 11) is 0. The zero-order valence-electron chi connectivity index (χ0n) is 11.9. The minimum atomic E-state index is -0.473. The number of cyclic esters (lactones) is 1. The second-order valence-corrected chi connectivity index (χ2v) is 4.93. The first kappa shape index (κ1) is 14.5. The summed E-state index contributed by atoms with van der Waals surface area (Å²) in [6.07, 6.45) is 0.126. The standard InChI is InChI=1S/C15H20N2O3/c1-3-17-8-9-20-15(19)13(17)10-14(18)16-12-6-4-11(2)5-7-12/h4-7,13H,3,8-10H2,1-2H3,(H,16,18)/t13-/m1/s1. The van der Waals surface area contributed by atoms with Crippen molar-refractivity contribution < 1.29 is 14.3 Å². The maximum absolute atomic E-state index is 12.0. The van der Waals surface area contributed by atoms with Gasteiger partial charge in [-0.15, -0.1) is 0 Å². The van der Waals surface area contributed by atoms with Crippen molar-refractivity contribution in [2.24, 2.45) is 0 Å². The average molecular weight is 276 g/mol. The van der Waals surface area contributed by atoms with E-state index in [1.54, 1.807) is 0 Å². The smallest absolute Gasteiger partial charge is 0.323 e. The number of nitrogens with zero attached hydrogens (tertiary/aromatic N) is 1. The zero-order valence-corrected chi connectivity index (χ0v) is 11.9. The highest BCUT2D eigenvalue weighted by Crippen LogP contribution is 2.14. The highest BCUT2D eigenvalue weighted by atomic mass is 16.5. The number of rotatable bonds is 4. The molecule has 1 fully saturated rings. The molecule has 1 N–H and O–H groups in total. The van der Waals surface area contributed by atoms with Crippen LogP contribution >= 0.6 is 0 Å². The lowest BCUT2D eigenvalue weighted by Crippen LogP contribution is -2.50. The third kappa shape index (κ3) is 3.57. The highest BCUT2D eigenvalue weighted by molar-refractivity contribution is 5.94. The van der Waals surface area contributed by atoms with E-state index < -0.39 is 6.04 Å². The predicted octanol–water partition coefficient (Wildman–Crippen LogP) is 1.57. The number of hydrogen-bond donors (Lipinski definition) is 1. The zero-order chi connectivity index (χ0) is 14.5. The van der Waals surface area contributed by atoms with Crippen molar-refractivity contribution in [3.63, 3.8) is 0 Å². The molecule has 1 amide bonds. The van der Waals surface area contributed by atoms with Crippen LogP contribution in [0.25, 0.3) is 0 Å². The lowest BCUT2D eigenvalue weighted by molar-refractivity contribution is -0.158. The molecule has 108 valence electrons. The maximum atomic E-state index is 12.0. The summed E-state index contributed by atoms with van der Waals surface area (Å²) in [5.41, 5.74) is 1.88. The predicted molar refractivity (Wildman–Crippen MR) is 76.4 cm³/mol. The second kappa shape index (κ2) is 6.52. The van der Waals surface area contributed by atoms with Gasteiger partial charge in [-0.25, -0.2) is 0 Å². The fourth-order valence-corrected chi connectivity index (χ4v) is 2.28. The van der Waals surface area contributed by atoms with E-state index in [-0.39, 0.29) is 18.3 Å². The first-order chi connectivity index (χ1) is 9.60. The Morgan fingerprint density at radius 2 is 2.10 bits per heavy atom. The van der Waals surface area contributed by atoms with Gasteiger partial charge in [-0.05, 0) is 25.6 Å². The Morgan fingerprint density at radius 3 is 2.75 bits per heavy atom. The molecular weight excluding hydrogens is 256 g/mol. The SMILES string of the molecule is CCN1CCOC(=O)[C@H]1CC(=O)Nc1ccc(C)cc1. The number of carbonyl (C=O) groups is 2. The normalized spacial score (nSPS) is 19.5. The van der Waals surface area contributed by atoms with E-state index in [9.17, 15) is 9.59 Å². The summed E-state index contributed by atoms with van der Waals surface area (Å²) < 4.78 is 5.03. The van der Waals surface area contributed by atoms with Gasteiger partial charge in [0.2, 0.25) is 5.91 Å². The Balaban J connectivity index is 1.95. The Hall–Kier alpha value is -1.88. The molecule has 1 aliphatic heterocycles. The van der Waals surface area contributed by atoms with Crippen molar-refractivity contribution in [3.8, 4) is 0 Å². The van der Waals surface area contributed by atoms with Gasteiger partial charge in [-0.3, -0.25) is 14.5 Å². The number of likely N-dealkylation sites (N-methyl/N-ethyl adjacent to an activating group) is 1. The van der Waals surface area contributed by atoms with E-state index in [0.717, 1.165) is 17.8 Å². The molecule has 1 saturated heterocycles. The molecule has 0 unspecified atom stereocenters. The first-order valence-corrected chi connectivity index (χ1v) is 6.87. The van der Waals surface area contributed by atoms with Crippen LogP contribution in [0.4, 0.5) is 5.69 Å². The summed E-state index contributed by atoms with van der Waals surface area (Å²) in [6, 6.07) is 7.10. The number of amides is 1. The molecular formula is C15H20N2O3. The molecule has 1 aromatic rings. The molecule has 0 bridgehead atoms. The molecule has 1 aromatic carbocycles. The fraction of sp³-hybridized carbons (Fsp3) is 0.467. The molecule has 0 aliphatic carbocycles. The lowest BCUT2D eigenvalue weighted by atomic mass is 10.1. The van der Waals surface area contributed by atoms with Crippen molar-refractivity contribution in [3.05, 3.63) is 29.8 Å². The first-order valence-electron chi connectivity index (χ1n) is 6.87. The Kier molecular flexibility index (Phi) is 4.74. The molecule has 0 spiro atoms. The third-order valence-electron chi connectivity index (χ3n) is 3.46. The van der Waals surface area contributed by atoms with Crippen LogP contribution in [0.3, 0.4) is 0 Å². The molecule has 5 nitrogen and oxygen atoms in total. The van der Waals surface area contributed by atoms with Gasteiger partial charge in [0.15, 0.2) is 0 Å². The van der Waals surface area contributed by atoms with Gasteiger partial charge in [-0.1, -0.05) is 24.6 Å². The molecule has 2 rings (SSSR count). The largest absolute Gasteiger partial charge is 0.463 e. The van der Waals surface area contributed by atoms with Gasteiger partial charge in [0.05, 0.1) is 6.42 Å². The minimum absolute atomic E-state index is 0.126. The van der Waals surface area contributed by atoms with Crippen LogP contribution in [0, 0.1) is 6.92 Å². The maximum Gasteiger partial charge on any atom is 0.323 e. The number of aryl methyl sites for hydroxylation is 1. The summed E-state index contributed by atoms with van der Waals surface area (Å²) in [5, 5.41) is 2.81. The highest BCUT2D eigenvalue weighted by Gasteiger charge is 2.32. The van der Waals surface area contributed by atoms with Crippen molar-refractivity contribution in [2.45, 2.75) is 26.3 Å². The quantitative estimate of drug-likeness (QED) is 0.848. The van der Waals surface area contributed by atoms with Crippen LogP contribution in [0.1, 0.15) is 18.9 Å². The van der Waals surface area contributed by atoms with Crippen LogP contribution in [0.2, 0.25) is 0 Å². The van der Waals surface area contributed by atoms with E-state index in [1.165, 1.54) is 0 Å². The topological polar surface area (TPSA) is 58.6 Å². The van der Waals surface area contributed by atoms with Gasteiger partial charge < -0.3 is 10.1 Å². The molecule has 20 heavy (non-hydrogen) atoms. The van der Waals surface area contributed by atoms with Crippen LogP contribution in [-0.4, -0.2) is 42.5 Å². The number of carbonyl (C=O) groups excluding carboxylic acids is 2. The number of nitrogens with one attached hydrogen (secondary N) is 1. The van der Waals surface area contributed by atoms with Crippen molar-refractivity contribution in [1.29, 1.82) is 0 Å². The van der Waals surface area contributed by atoms with Gasteiger partial charge in [0.25, 0.3) is 0 Å². The number of esters is 1. The van der Waals surface area contributed by atoms with E-state index in [4.69, 9.17) is 4.74 Å². The Morgan fingerprint density at radius 1 is 1.40 bits per heavy atom. The molecule has 5 heteroatoms. The lowest BCUT2D eigenvalue weighted by Gasteiger charge is -2.32. The van der Waals surface area contributed by atoms with Crippen molar-refractivity contribution in [1.82, 2.24) is 4.90 Å². The molecule has 0 radical (unpaired) electrons. The van der Waals surface area contributed by atoms with Crippen LogP contribution in [0.15, 0.2) is 24.3 Å². The molecule has 0 saturated carbocycles. The van der Waals surface area contributed by atoms with Gasteiger partial charge in [0.1, 0.15) is 12.6 Å². The minimum Gasteiger partial charge on any atom is -0.463 e. The molecule has 1 aliphatic rings. The molecule has 1 atom stereocenters. The van der Waals surface area contributed by atoms with E-state index in [0.29, 0.717) is 13.2 Å². The monoisotopic (exact) mass is 276 g/mol. The van der Waals surface area contributed by atoms with Gasteiger partial charge >= 0.3 is 5.97 Å². The summed E-state index contributed by atoms with van der Waals surface area (Å²) in [5.74, 6) is -0.478. The number of benzene rings is 1. The van der Waals surface area contributed by atoms with E-state index >= 15 is 0 Å². The average Bonchev–Trinajstić information content (AvgIpc) is 2.43. The number of ether oxygens (including phenoxy) is 1. The Labute approximate surface area is 118 Å². The van der Waals surface area contributed by atoms with E-state index in [2.05, 4.69) is 5.32 Å². The summed E-state index contributed by atoms with van der Waals surface area (Å²) in [4.78, 5) is 25.8.